The standard InChI is InChI=1S/C22H37N5O.HI/c1-3-23-22(24-14-9-17-27-16-8-7-10-19(27)2)25-15-13-21(28)26-18-20-11-5-4-6-12-20;/h4-6,11-12,19H,3,7-10,13-18H2,1-2H3,(H,26,28)(H2,23,24,25);1H. The molecule has 0 aromatic heterocycles. The minimum Gasteiger partial charge on any atom is -0.357 e. The molecule has 1 aromatic rings. The average molecular weight is 515 g/mol. The van der Waals surface area contributed by atoms with E-state index in [2.05, 4.69) is 39.7 Å². The number of likely N-dealkylation sites (tertiary alicyclic amines) is 1. The molecule has 1 fully saturated rings. The Balaban J connectivity index is 0.00000420. The molecule has 0 bridgehead atoms. The van der Waals surface area contributed by atoms with Gasteiger partial charge in [0, 0.05) is 45.2 Å². The molecule has 0 aliphatic carbocycles. The molecule has 1 atom stereocenters. The molecule has 2 rings (SSSR count). The summed E-state index contributed by atoms with van der Waals surface area (Å²) in [7, 11) is 0. The fourth-order valence-corrected chi connectivity index (χ4v) is 3.48. The lowest BCUT2D eigenvalue weighted by atomic mass is 10.0. The number of halogens is 1. The van der Waals surface area contributed by atoms with E-state index in [1.807, 2.05) is 30.3 Å². The van der Waals surface area contributed by atoms with Crippen LogP contribution in [0, 0.1) is 0 Å². The van der Waals surface area contributed by atoms with Crippen molar-refractivity contribution < 1.29 is 4.79 Å². The van der Waals surface area contributed by atoms with E-state index >= 15 is 0 Å². The Hall–Kier alpha value is -1.35. The fraction of sp³-hybridized carbons (Fsp3) is 0.636. The molecule has 0 radical (unpaired) electrons. The minimum absolute atomic E-state index is 0. The first-order valence-electron chi connectivity index (χ1n) is 10.8. The lowest BCUT2D eigenvalue weighted by Gasteiger charge is -2.33. The molecule has 1 heterocycles. The number of aliphatic imine (C=N–C) groups is 1. The number of benzene rings is 1. The molecule has 1 unspecified atom stereocenters. The number of piperidine rings is 1. The van der Waals surface area contributed by atoms with Crippen molar-refractivity contribution in [3.63, 3.8) is 0 Å². The summed E-state index contributed by atoms with van der Waals surface area (Å²) in [6, 6.07) is 10.7. The van der Waals surface area contributed by atoms with Gasteiger partial charge in [0.05, 0.1) is 0 Å². The quantitative estimate of drug-likeness (QED) is 0.194. The maximum absolute atomic E-state index is 12.0. The van der Waals surface area contributed by atoms with E-state index < -0.39 is 0 Å². The highest BCUT2D eigenvalue weighted by Crippen LogP contribution is 2.16. The molecule has 0 spiro atoms. The van der Waals surface area contributed by atoms with E-state index in [0.29, 0.717) is 25.6 Å². The minimum atomic E-state index is 0. The summed E-state index contributed by atoms with van der Waals surface area (Å²) in [6.07, 6.45) is 5.51. The Bertz CT molecular complexity index is 596. The van der Waals surface area contributed by atoms with Gasteiger partial charge in [-0.1, -0.05) is 36.8 Å². The van der Waals surface area contributed by atoms with E-state index in [9.17, 15) is 4.79 Å². The summed E-state index contributed by atoms with van der Waals surface area (Å²) in [5.41, 5.74) is 1.11. The topological polar surface area (TPSA) is 68.8 Å². The summed E-state index contributed by atoms with van der Waals surface area (Å²) in [5, 5.41) is 9.47. The maximum Gasteiger partial charge on any atom is 0.222 e. The lowest BCUT2D eigenvalue weighted by Crippen LogP contribution is -2.40. The van der Waals surface area contributed by atoms with Gasteiger partial charge in [0.1, 0.15) is 0 Å². The van der Waals surface area contributed by atoms with Crippen LogP contribution in [0.15, 0.2) is 35.3 Å². The van der Waals surface area contributed by atoms with Gasteiger partial charge >= 0.3 is 0 Å². The number of rotatable bonds is 10. The molecule has 3 N–H and O–H groups in total. The Morgan fingerprint density at radius 3 is 2.69 bits per heavy atom. The van der Waals surface area contributed by atoms with Crippen LogP contribution in [0.25, 0.3) is 0 Å². The molecule has 1 amide bonds. The maximum atomic E-state index is 12.0. The van der Waals surface area contributed by atoms with Crippen molar-refractivity contribution in [2.45, 2.75) is 58.5 Å². The Morgan fingerprint density at radius 1 is 1.17 bits per heavy atom. The molecule has 1 aliphatic rings. The van der Waals surface area contributed by atoms with Crippen LogP contribution in [0.2, 0.25) is 0 Å². The van der Waals surface area contributed by atoms with Crippen LogP contribution in [0.5, 0.6) is 0 Å². The van der Waals surface area contributed by atoms with E-state index in [1.54, 1.807) is 0 Å². The normalized spacial score (nSPS) is 17.3. The predicted molar refractivity (Wildman–Crippen MR) is 132 cm³/mol. The van der Waals surface area contributed by atoms with E-state index in [-0.39, 0.29) is 29.9 Å². The zero-order valence-electron chi connectivity index (χ0n) is 18.0. The van der Waals surface area contributed by atoms with Crippen LogP contribution in [0.4, 0.5) is 0 Å². The van der Waals surface area contributed by atoms with Crippen LogP contribution < -0.4 is 16.0 Å². The second kappa shape index (κ2) is 15.5. The zero-order chi connectivity index (χ0) is 20.0. The first-order chi connectivity index (χ1) is 13.7. The van der Waals surface area contributed by atoms with Crippen molar-refractivity contribution in [2.24, 2.45) is 4.99 Å². The molecular weight excluding hydrogens is 477 g/mol. The third-order valence-corrected chi connectivity index (χ3v) is 5.14. The molecule has 1 aliphatic heterocycles. The van der Waals surface area contributed by atoms with Gasteiger partial charge in [-0.3, -0.25) is 9.79 Å². The first kappa shape index (κ1) is 25.7. The molecule has 1 aromatic carbocycles. The lowest BCUT2D eigenvalue weighted by molar-refractivity contribution is -0.121. The van der Waals surface area contributed by atoms with Gasteiger partial charge in [0.25, 0.3) is 0 Å². The van der Waals surface area contributed by atoms with Gasteiger partial charge in [-0.2, -0.15) is 0 Å². The molecule has 6 nitrogen and oxygen atoms in total. The number of nitrogens with zero attached hydrogens (tertiary/aromatic N) is 2. The molecule has 164 valence electrons. The van der Waals surface area contributed by atoms with Crippen molar-refractivity contribution >= 4 is 35.8 Å². The largest absolute Gasteiger partial charge is 0.357 e. The number of carbonyl (C=O) groups excluding carboxylic acids is 1. The van der Waals surface area contributed by atoms with E-state index in [0.717, 1.165) is 37.6 Å². The van der Waals surface area contributed by atoms with Crippen LogP contribution in [-0.2, 0) is 11.3 Å². The highest BCUT2D eigenvalue weighted by molar-refractivity contribution is 14.0. The molecule has 0 saturated carbocycles. The summed E-state index contributed by atoms with van der Waals surface area (Å²) >= 11 is 0. The molecular formula is C22H38IN5O. The third kappa shape index (κ3) is 10.8. The number of hydrogen-bond donors (Lipinski definition) is 3. The second-order valence-electron chi connectivity index (χ2n) is 7.43. The summed E-state index contributed by atoms with van der Waals surface area (Å²) in [5.74, 6) is 0.844. The highest BCUT2D eigenvalue weighted by atomic mass is 127. The van der Waals surface area contributed by atoms with E-state index in [1.165, 1.54) is 25.8 Å². The van der Waals surface area contributed by atoms with Gasteiger partial charge in [-0.15, -0.1) is 24.0 Å². The SMILES string of the molecule is CCNC(=NCCCN1CCCCC1C)NCCC(=O)NCc1ccccc1.I. The Kier molecular flexibility index (Phi) is 13.7. The van der Waals surface area contributed by atoms with Crippen LogP contribution in [0.3, 0.4) is 0 Å². The smallest absolute Gasteiger partial charge is 0.222 e. The Morgan fingerprint density at radius 2 is 1.97 bits per heavy atom. The van der Waals surface area contributed by atoms with E-state index in [4.69, 9.17) is 0 Å². The average Bonchev–Trinajstić information content (AvgIpc) is 2.71. The van der Waals surface area contributed by atoms with Gasteiger partial charge < -0.3 is 20.9 Å². The van der Waals surface area contributed by atoms with Gasteiger partial charge in [-0.05, 0) is 45.2 Å². The predicted octanol–water partition coefficient (Wildman–Crippen LogP) is 3.13. The fourth-order valence-electron chi connectivity index (χ4n) is 3.48. The van der Waals surface area contributed by atoms with Crippen molar-refractivity contribution in [2.75, 3.05) is 32.7 Å². The van der Waals surface area contributed by atoms with Crippen molar-refractivity contribution in [3.8, 4) is 0 Å². The number of nitrogens with one attached hydrogen (secondary N) is 3. The van der Waals surface area contributed by atoms with Crippen LogP contribution >= 0.6 is 24.0 Å². The summed E-state index contributed by atoms with van der Waals surface area (Å²) < 4.78 is 0. The van der Waals surface area contributed by atoms with Crippen LogP contribution in [-0.4, -0.2) is 55.5 Å². The summed E-state index contributed by atoms with van der Waals surface area (Å²) in [4.78, 5) is 19.2. The van der Waals surface area contributed by atoms with Crippen molar-refractivity contribution in [3.05, 3.63) is 35.9 Å². The number of hydrogen-bond acceptors (Lipinski definition) is 3. The summed E-state index contributed by atoms with van der Waals surface area (Å²) in [6.45, 7) is 9.50. The monoisotopic (exact) mass is 515 g/mol. The first-order valence-corrected chi connectivity index (χ1v) is 10.8. The Labute approximate surface area is 193 Å². The number of carbonyl (C=O) groups is 1. The van der Waals surface area contributed by atoms with Crippen molar-refractivity contribution in [1.82, 2.24) is 20.9 Å². The third-order valence-electron chi connectivity index (χ3n) is 5.14. The molecule has 29 heavy (non-hydrogen) atoms. The number of amides is 1. The number of guanidine groups is 1. The zero-order valence-corrected chi connectivity index (χ0v) is 20.3. The highest BCUT2D eigenvalue weighted by Gasteiger charge is 2.16. The van der Waals surface area contributed by atoms with Crippen molar-refractivity contribution in [1.29, 1.82) is 0 Å². The van der Waals surface area contributed by atoms with Crippen LogP contribution in [0.1, 0.15) is 51.5 Å². The van der Waals surface area contributed by atoms with Gasteiger partial charge in [0.2, 0.25) is 5.91 Å². The molecule has 1 saturated heterocycles. The van der Waals surface area contributed by atoms with Gasteiger partial charge in [-0.25, -0.2) is 0 Å². The second-order valence-corrected chi connectivity index (χ2v) is 7.43. The van der Waals surface area contributed by atoms with Gasteiger partial charge in [0.15, 0.2) is 5.96 Å². The molecule has 7 heteroatoms.